The van der Waals surface area contributed by atoms with Crippen molar-refractivity contribution < 1.29 is 57.2 Å². The number of rotatable bonds is 11. The predicted octanol–water partition coefficient (Wildman–Crippen LogP) is 1.27. The fourth-order valence-electron chi connectivity index (χ4n) is 2.85. The SMILES string of the molecule is CCCCCCCCOc1cc(O)c(C(=O)c2ccccc2)cc1S(=O)(=O)[O-].[Na+]. The molecule has 0 aliphatic rings. The topological polar surface area (TPSA) is 104 Å². The maximum Gasteiger partial charge on any atom is 1.00 e. The molecule has 0 fully saturated rings. The molecule has 0 amide bonds. The predicted molar refractivity (Wildman–Crippen MR) is 105 cm³/mol. The monoisotopic (exact) mass is 428 g/mol. The molecule has 0 saturated carbocycles. The molecule has 29 heavy (non-hydrogen) atoms. The zero-order valence-corrected chi connectivity index (χ0v) is 19.7. The van der Waals surface area contributed by atoms with Crippen molar-refractivity contribution in [2.75, 3.05) is 6.61 Å². The third-order valence-corrected chi connectivity index (χ3v) is 5.23. The van der Waals surface area contributed by atoms with Gasteiger partial charge < -0.3 is 14.4 Å². The number of hydrogen-bond acceptors (Lipinski definition) is 6. The van der Waals surface area contributed by atoms with Gasteiger partial charge in [0.1, 0.15) is 21.6 Å². The fourth-order valence-corrected chi connectivity index (χ4v) is 3.48. The van der Waals surface area contributed by atoms with Gasteiger partial charge in [-0.1, -0.05) is 69.4 Å². The van der Waals surface area contributed by atoms with E-state index in [9.17, 15) is 22.9 Å². The molecule has 0 saturated heterocycles. The van der Waals surface area contributed by atoms with Gasteiger partial charge in [0.05, 0.1) is 17.1 Å². The summed E-state index contributed by atoms with van der Waals surface area (Å²) in [5.41, 5.74) is 0.0142. The molecule has 0 aromatic heterocycles. The summed E-state index contributed by atoms with van der Waals surface area (Å²) in [6.45, 7) is 2.35. The summed E-state index contributed by atoms with van der Waals surface area (Å²) in [7, 11) is -4.88. The van der Waals surface area contributed by atoms with E-state index >= 15 is 0 Å². The Morgan fingerprint density at radius 1 is 1.03 bits per heavy atom. The number of unbranched alkanes of at least 4 members (excludes halogenated alkanes) is 5. The second-order valence-corrected chi connectivity index (χ2v) is 7.93. The van der Waals surface area contributed by atoms with Crippen molar-refractivity contribution in [3.63, 3.8) is 0 Å². The summed E-state index contributed by atoms with van der Waals surface area (Å²) in [4.78, 5) is 11.9. The van der Waals surface area contributed by atoms with Crippen molar-refractivity contribution in [1.29, 1.82) is 0 Å². The summed E-state index contributed by atoms with van der Waals surface area (Å²) in [6, 6.07) is 10.0. The number of ketones is 1. The molecule has 2 aromatic rings. The van der Waals surface area contributed by atoms with Crippen LogP contribution in [0, 0.1) is 0 Å². The Morgan fingerprint density at radius 3 is 2.28 bits per heavy atom. The van der Waals surface area contributed by atoms with Gasteiger partial charge in [0.15, 0.2) is 5.78 Å². The third kappa shape index (κ3) is 7.75. The van der Waals surface area contributed by atoms with Crippen LogP contribution in [-0.2, 0) is 10.1 Å². The normalized spacial score (nSPS) is 11.0. The second-order valence-electron chi connectivity index (χ2n) is 6.58. The number of carbonyl (C=O) groups is 1. The van der Waals surface area contributed by atoms with E-state index in [2.05, 4.69) is 6.92 Å². The van der Waals surface area contributed by atoms with E-state index in [1.165, 1.54) is 18.6 Å². The molecule has 0 radical (unpaired) electrons. The average Bonchev–Trinajstić information content (AvgIpc) is 2.66. The third-order valence-electron chi connectivity index (χ3n) is 4.37. The molecule has 0 spiro atoms. The molecule has 152 valence electrons. The minimum atomic E-state index is -4.88. The first-order valence-electron chi connectivity index (χ1n) is 9.40. The number of phenols is 1. The van der Waals surface area contributed by atoms with Gasteiger partial charge in [0.25, 0.3) is 0 Å². The summed E-state index contributed by atoms with van der Waals surface area (Å²) in [5.74, 6) is -1.24. The minimum absolute atomic E-state index is 0. The molecular weight excluding hydrogens is 403 g/mol. The van der Waals surface area contributed by atoms with Crippen LogP contribution in [0.1, 0.15) is 61.4 Å². The maximum atomic E-state index is 12.5. The Bertz CT molecular complexity index is 897. The van der Waals surface area contributed by atoms with Gasteiger partial charge in [0, 0.05) is 11.6 Å². The molecule has 0 heterocycles. The number of ether oxygens (including phenoxy) is 1. The molecule has 0 atom stereocenters. The van der Waals surface area contributed by atoms with Gasteiger partial charge in [-0.3, -0.25) is 4.79 Å². The van der Waals surface area contributed by atoms with Crippen molar-refractivity contribution >= 4 is 15.9 Å². The average molecular weight is 428 g/mol. The quantitative estimate of drug-likeness (QED) is 0.250. The van der Waals surface area contributed by atoms with E-state index in [-0.39, 0.29) is 53.0 Å². The van der Waals surface area contributed by atoms with Crippen molar-refractivity contribution in [2.24, 2.45) is 0 Å². The number of hydrogen-bond donors (Lipinski definition) is 1. The van der Waals surface area contributed by atoms with E-state index in [4.69, 9.17) is 4.74 Å². The van der Waals surface area contributed by atoms with Gasteiger partial charge in [0.2, 0.25) is 0 Å². The Hall–Kier alpha value is -1.38. The van der Waals surface area contributed by atoms with E-state index < -0.39 is 26.5 Å². The van der Waals surface area contributed by atoms with Crippen LogP contribution in [-0.4, -0.2) is 30.5 Å². The zero-order chi connectivity index (χ0) is 20.6. The Morgan fingerprint density at radius 2 is 1.66 bits per heavy atom. The van der Waals surface area contributed by atoms with Crippen molar-refractivity contribution in [3.05, 3.63) is 53.6 Å². The van der Waals surface area contributed by atoms with Crippen LogP contribution >= 0.6 is 0 Å². The number of carbonyl (C=O) groups excluding carboxylic acids is 1. The largest absolute Gasteiger partial charge is 1.00 e. The van der Waals surface area contributed by atoms with E-state index in [1.807, 2.05) is 0 Å². The first kappa shape index (κ1) is 25.7. The van der Waals surface area contributed by atoms with Crippen molar-refractivity contribution in [2.45, 2.75) is 50.3 Å². The smallest absolute Gasteiger partial charge is 0.744 e. The van der Waals surface area contributed by atoms with Crippen LogP contribution in [0.3, 0.4) is 0 Å². The summed E-state index contributed by atoms with van der Waals surface area (Å²) in [6.07, 6.45) is 6.13. The molecule has 8 heteroatoms. The first-order valence-corrected chi connectivity index (χ1v) is 10.8. The van der Waals surface area contributed by atoms with Crippen molar-refractivity contribution in [3.8, 4) is 11.5 Å². The molecule has 0 unspecified atom stereocenters. The van der Waals surface area contributed by atoms with Crippen LogP contribution in [0.4, 0.5) is 0 Å². The molecule has 0 bridgehead atoms. The van der Waals surface area contributed by atoms with Gasteiger partial charge in [-0.05, 0) is 12.5 Å². The van der Waals surface area contributed by atoms with Crippen LogP contribution in [0.15, 0.2) is 47.4 Å². The number of aromatic hydroxyl groups is 1. The minimum Gasteiger partial charge on any atom is -0.744 e. The summed E-state index contributed by atoms with van der Waals surface area (Å²) in [5, 5.41) is 10.2. The molecule has 2 rings (SSSR count). The molecular formula is C21H25NaO6S. The maximum absolute atomic E-state index is 12.5. The molecule has 0 aliphatic heterocycles. The van der Waals surface area contributed by atoms with Crippen LogP contribution in [0.5, 0.6) is 11.5 Å². The standard InChI is InChI=1S/C21H26O6S.Na/c1-2-3-4-5-6-10-13-27-19-15-18(22)17(14-20(19)28(24,25)26)21(23)16-11-8-7-9-12-16;/h7-9,11-12,14-15,22H,2-6,10,13H2,1H3,(H,24,25,26);/q;+1/p-1. The van der Waals surface area contributed by atoms with E-state index in [0.29, 0.717) is 6.42 Å². The van der Waals surface area contributed by atoms with Gasteiger partial charge in [-0.15, -0.1) is 0 Å². The Labute approximate surface area is 194 Å². The first-order chi connectivity index (χ1) is 13.3. The summed E-state index contributed by atoms with van der Waals surface area (Å²) < 4.78 is 40.4. The Balaban J connectivity index is 0.00000420. The van der Waals surface area contributed by atoms with E-state index in [1.54, 1.807) is 18.2 Å². The van der Waals surface area contributed by atoms with Crippen molar-refractivity contribution in [1.82, 2.24) is 0 Å². The zero-order valence-electron chi connectivity index (χ0n) is 16.9. The molecule has 1 N–H and O–H groups in total. The van der Waals surface area contributed by atoms with Gasteiger partial charge in [-0.25, -0.2) is 8.42 Å². The fraction of sp³-hybridized carbons (Fsp3) is 0.381. The van der Waals surface area contributed by atoms with Crippen LogP contribution in [0.25, 0.3) is 0 Å². The number of benzene rings is 2. The van der Waals surface area contributed by atoms with Gasteiger partial charge >= 0.3 is 29.6 Å². The molecule has 6 nitrogen and oxygen atoms in total. The van der Waals surface area contributed by atoms with Crippen LogP contribution < -0.4 is 34.3 Å². The Kier molecular flexibility index (Phi) is 10.9. The second kappa shape index (κ2) is 12.3. The molecule has 0 aliphatic carbocycles. The number of phenolic OH excluding ortho intramolecular Hbond substituents is 1. The van der Waals surface area contributed by atoms with Gasteiger partial charge in [-0.2, -0.15) is 0 Å². The molecule has 2 aromatic carbocycles. The van der Waals surface area contributed by atoms with E-state index in [0.717, 1.165) is 37.8 Å². The summed E-state index contributed by atoms with van der Waals surface area (Å²) >= 11 is 0. The van der Waals surface area contributed by atoms with Crippen LogP contribution in [0.2, 0.25) is 0 Å².